The van der Waals surface area contributed by atoms with Crippen LogP contribution in [0.2, 0.25) is 0 Å². The molecule has 0 N–H and O–H groups in total. The summed E-state index contributed by atoms with van der Waals surface area (Å²) in [7, 11) is 0. The Kier molecular flexibility index (Phi) is 1.55. The SMILES string of the molecule is O=C1CC=C2c3ccccc3-c3cccc1c32. The molecule has 0 atom stereocenters. The third-order valence-corrected chi connectivity index (χ3v) is 3.63. The highest BCUT2D eigenvalue weighted by molar-refractivity contribution is 6.14. The lowest BCUT2D eigenvalue weighted by molar-refractivity contribution is 0.0994. The molecule has 2 aliphatic carbocycles. The van der Waals surface area contributed by atoms with Gasteiger partial charge in [0.05, 0.1) is 0 Å². The molecular weight excluding hydrogens is 208 g/mol. The Morgan fingerprint density at radius 2 is 1.47 bits per heavy atom. The number of Topliss-reactive ketones (excluding diaryl/α,β-unsaturated/α-hetero) is 1. The van der Waals surface area contributed by atoms with E-state index in [1.54, 1.807) is 0 Å². The summed E-state index contributed by atoms with van der Waals surface area (Å²) < 4.78 is 0. The fourth-order valence-corrected chi connectivity index (χ4v) is 2.90. The van der Waals surface area contributed by atoms with Crippen molar-refractivity contribution in [3.63, 3.8) is 0 Å². The van der Waals surface area contributed by atoms with Gasteiger partial charge in [-0.25, -0.2) is 0 Å². The van der Waals surface area contributed by atoms with Gasteiger partial charge < -0.3 is 0 Å². The standard InChI is InChI=1S/C16H10O/c17-15-9-8-13-11-5-2-1-4-10(11)12-6-3-7-14(15)16(12)13/h1-8H,9H2. The average Bonchev–Trinajstić information content (AvgIpc) is 2.70. The molecule has 17 heavy (non-hydrogen) atoms. The summed E-state index contributed by atoms with van der Waals surface area (Å²) in [6, 6.07) is 14.4. The van der Waals surface area contributed by atoms with Crippen LogP contribution in [0, 0.1) is 0 Å². The summed E-state index contributed by atoms with van der Waals surface area (Å²) in [4.78, 5) is 11.9. The zero-order valence-electron chi connectivity index (χ0n) is 9.23. The minimum Gasteiger partial charge on any atom is -0.294 e. The van der Waals surface area contributed by atoms with E-state index in [0.29, 0.717) is 6.42 Å². The molecule has 1 nitrogen and oxygen atoms in total. The number of carbonyl (C=O) groups is 1. The zero-order valence-corrected chi connectivity index (χ0v) is 9.23. The average molecular weight is 218 g/mol. The predicted molar refractivity (Wildman–Crippen MR) is 67.9 cm³/mol. The van der Waals surface area contributed by atoms with Crippen molar-refractivity contribution in [3.8, 4) is 11.1 Å². The lowest BCUT2D eigenvalue weighted by atomic mass is 9.89. The van der Waals surface area contributed by atoms with Crippen LogP contribution in [-0.2, 0) is 0 Å². The van der Waals surface area contributed by atoms with Crippen LogP contribution in [0.25, 0.3) is 16.7 Å². The van der Waals surface area contributed by atoms with Gasteiger partial charge in [0.1, 0.15) is 0 Å². The number of hydrogen-bond donors (Lipinski definition) is 0. The van der Waals surface area contributed by atoms with Crippen molar-refractivity contribution in [2.75, 3.05) is 0 Å². The van der Waals surface area contributed by atoms with E-state index >= 15 is 0 Å². The van der Waals surface area contributed by atoms with Crippen molar-refractivity contribution in [2.45, 2.75) is 6.42 Å². The first-order chi connectivity index (χ1) is 8.36. The molecule has 0 aromatic heterocycles. The van der Waals surface area contributed by atoms with Gasteiger partial charge in [-0.15, -0.1) is 0 Å². The Hall–Kier alpha value is -2.15. The second-order valence-corrected chi connectivity index (χ2v) is 4.52. The third kappa shape index (κ3) is 1.01. The fraction of sp³-hybridized carbons (Fsp3) is 0.0625. The predicted octanol–water partition coefficient (Wildman–Crippen LogP) is 3.69. The molecule has 0 fully saturated rings. The van der Waals surface area contributed by atoms with E-state index in [2.05, 4.69) is 36.4 Å². The molecule has 0 spiro atoms. The van der Waals surface area contributed by atoms with Gasteiger partial charge in [-0.3, -0.25) is 4.79 Å². The van der Waals surface area contributed by atoms with Crippen LogP contribution < -0.4 is 0 Å². The van der Waals surface area contributed by atoms with Crippen LogP contribution in [0.5, 0.6) is 0 Å². The summed E-state index contributed by atoms with van der Waals surface area (Å²) in [6.07, 6.45) is 2.60. The van der Waals surface area contributed by atoms with Crippen LogP contribution in [0.4, 0.5) is 0 Å². The van der Waals surface area contributed by atoms with E-state index in [1.807, 2.05) is 12.1 Å². The number of ketones is 1. The second kappa shape index (κ2) is 2.95. The summed E-state index contributed by atoms with van der Waals surface area (Å²) in [5.41, 5.74) is 7.00. The number of fused-ring (bicyclic) bond motifs is 3. The molecule has 2 aliphatic rings. The zero-order chi connectivity index (χ0) is 11.4. The van der Waals surface area contributed by atoms with Crippen LogP contribution in [0.15, 0.2) is 48.5 Å². The Balaban J connectivity index is 2.19. The molecule has 0 saturated heterocycles. The van der Waals surface area contributed by atoms with Crippen LogP contribution in [-0.4, -0.2) is 5.78 Å². The highest BCUT2D eigenvalue weighted by Crippen LogP contribution is 2.47. The van der Waals surface area contributed by atoms with E-state index in [1.165, 1.54) is 22.3 Å². The van der Waals surface area contributed by atoms with E-state index in [4.69, 9.17) is 0 Å². The normalized spacial score (nSPS) is 15.3. The van der Waals surface area contributed by atoms with Gasteiger partial charge >= 0.3 is 0 Å². The van der Waals surface area contributed by atoms with Crippen molar-refractivity contribution < 1.29 is 4.79 Å². The van der Waals surface area contributed by atoms with Gasteiger partial charge in [-0.2, -0.15) is 0 Å². The second-order valence-electron chi connectivity index (χ2n) is 4.52. The maximum absolute atomic E-state index is 11.9. The van der Waals surface area contributed by atoms with Crippen LogP contribution in [0.1, 0.15) is 27.9 Å². The minimum absolute atomic E-state index is 0.235. The van der Waals surface area contributed by atoms with Gasteiger partial charge in [0.15, 0.2) is 5.78 Å². The minimum atomic E-state index is 0.235. The molecule has 0 aliphatic heterocycles. The Labute approximate surface area is 99.4 Å². The van der Waals surface area contributed by atoms with Crippen molar-refractivity contribution in [1.29, 1.82) is 0 Å². The van der Waals surface area contributed by atoms with Gasteiger partial charge in [0.2, 0.25) is 0 Å². The molecule has 0 amide bonds. The smallest absolute Gasteiger partial charge is 0.167 e. The number of benzene rings is 2. The summed E-state index contributed by atoms with van der Waals surface area (Å²) in [5.74, 6) is 0.235. The van der Waals surface area contributed by atoms with Crippen molar-refractivity contribution in [3.05, 3.63) is 65.2 Å². The Morgan fingerprint density at radius 1 is 0.765 bits per heavy atom. The number of rotatable bonds is 0. The molecule has 0 heterocycles. The molecule has 80 valence electrons. The summed E-state index contributed by atoms with van der Waals surface area (Å²) in [5, 5.41) is 0. The number of allylic oxidation sites excluding steroid dienone is 1. The molecule has 0 unspecified atom stereocenters. The Morgan fingerprint density at radius 3 is 2.35 bits per heavy atom. The molecule has 0 bridgehead atoms. The maximum atomic E-state index is 11.9. The van der Waals surface area contributed by atoms with E-state index in [-0.39, 0.29) is 5.78 Å². The van der Waals surface area contributed by atoms with Crippen molar-refractivity contribution in [1.82, 2.24) is 0 Å². The summed E-state index contributed by atoms with van der Waals surface area (Å²) in [6.45, 7) is 0. The molecule has 2 aromatic rings. The Bertz CT molecular complexity index is 692. The summed E-state index contributed by atoms with van der Waals surface area (Å²) >= 11 is 0. The molecular formula is C16H10O. The van der Waals surface area contributed by atoms with Crippen LogP contribution in [0.3, 0.4) is 0 Å². The molecule has 0 saturated carbocycles. The first-order valence-corrected chi connectivity index (χ1v) is 5.83. The lowest BCUT2D eigenvalue weighted by Crippen LogP contribution is -2.06. The first kappa shape index (κ1) is 8.94. The van der Waals surface area contributed by atoms with Crippen molar-refractivity contribution in [2.24, 2.45) is 0 Å². The van der Waals surface area contributed by atoms with Crippen molar-refractivity contribution >= 4 is 11.4 Å². The molecule has 4 rings (SSSR count). The quantitative estimate of drug-likeness (QED) is 0.562. The van der Waals surface area contributed by atoms with Gasteiger partial charge in [-0.1, -0.05) is 48.5 Å². The van der Waals surface area contributed by atoms with Crippen LogP contribution >= 0.6 is 0 Å². The monoisotopic (exact) mass is 218 g/mol. The molecule has 2 aromatic carbocycles. The third-order valence-electron chi connectivity index (χ3n) is 3.63. The highest BCUT2D eigenvalue weighted by Gasteiger charge is 2.29. The van der Waals surface area contributed by atoms with Gasteiger partial charge in [-0.05, 0) is 22.3 Å². The molecule has 0 radical (unpaired) electrons. The van der Waals surface area contributed by atoms with E-state index in [0.717, 1.165) is 11.1 Å². The lowest BCUT2D eigenvalue weighted by Gasteiger charge is -2.13. The number of hydrogen-bond acceptors (Lipinski definition) is 1. The first-order valence-electron chi connectivity index (χ1n) is 5.83. The fourth-order valence-electron chi connectivity index (χ4n) is 2.90. The van der Waals surface area contributed by atoms with Gasteiger partial charge in [0, 0.05) is 17.5 Å². The van der Waals surface area contributed by atoms with E-state index in [9.17, 15) is 4.79 Å². The maximum Gasteiger partial charge on any atom is 0.167 e. The topological polar surface area (TPSA) is 17.1 Å². The largest absolute Gasteiger partial charge is 0.294 e. The highest BCUT2D eigenvalue weighted by atomic mass is 16.1. The number of carbonyl (C=O) groups excluding carboxylic acids is 1. The molecule has 1 heteroatoms. The van der Waals surface area contributed by atoms with Gasteiger partial charge in [0.25, 0.3) is 0 Å². The van der Waals surface area contributed by atoms with E-state index < -0.39 is 0 Å².